The molecule has 0 aliphatic heterocycles. The van der Waals surface area contributed by atoms with Gasteiger partial charge in [0.15, 0.2) is 5.96 Å². The Balaban J connectivity index is 1.88. The Labute approximate surface area is 168 Å². The lowest BCUT2D eigenvalue weighted by atomic mass is 10.2. The SMILES string of the molecule is CN=C(NCc1ccc(NC(=O)OC)cc1)N(C)Cc1ccc(OC(F)F)cc1. The van der Waals surface area contributed by atoms with Crippen LogP contribution in [0.4, 0.5) is 19.3 Å². The highest BCUT2D eigenvalue weighted by molar-refractivity contribution is 5.84. The number of nitrogens with one attached hydrogen (secondary N) is 2. The Morgan fingerprint density at radius 1 is 1.10 bits per heavy atom. The topological polar surface area (TPSA) is 75.2 Å². The molecule has 7 nitrogen and oxygen atoms in total. The van der Waals surface area contributed by atoms with Crippen molar-refractivity contribution in [1.82, 2.24) is 10.2 Å². The standard InChI is InChI=1S/C20H24F2N4O3/c1-23-19(24-12-14-4-8-16(9-5-14)25-20(27)28-3)26(2)13-15-6-10-17(11-7-15)29-18(21)22/h4-11,18H,12-13H2,1-3H3,(H,23,24)(H,25,27). The van der Waals surface area contributed by atoms with E-state index in [1.807, 2.05) is 24.1 Å². The highest BCUT2D eigenvalue weighted by atomic mass is 19.3. The van der Waals surface area contributed by atoms with Crippen LogP contribution in [0.5, 0.6) is 5.75 Å². The maximum absolute atomic E-state index is 12.2. The predicted molar refractivity (Wildman–Crippen MR) is 107 cm³/mol. The van der Waals surface area contributed by atoms with Crippen LogP contribution in [0.1, 0.15) is 11.1 Å². The van der Waals surface area contributed by atoms with Gasteiger partial charge in [0.2, 0.25) is 0 Å². The zero-order valence-corrected chi connectivity index (χ0v) is 16.5. The van der Waals surface area contributed by atoms with Crippen molar-refractivity contribution in [2.75, 3.05) is 26.5 Å². The van der Waals surface area contributed by atoms with Crippen LogP contribution >= 0.6 is 0 Å². The minimum absolute atomic E-state index is 0.124. The number of methoxy groups -OCH3 is 1. The maximum atomic E-state index is 12.2. The van der Waals surface area contributed by atoms with Gasteiger partial charge in [0, 0.05) is 32.9 Å². The number of anilines is 1. The van der Waals surface area contributed by atoms with Gasteiger partial charge in [0.25, 0.3) is 0 Å². The molecule has 0 aliphatic rings. The Morgan fingerprint density at radius 2 is 1.72 bits per heavy atom. The number of hydrogen-bond acceptors (Lipinski definition) is 4. The number of nitrogens with zero attached hydrogens (tertiary/aromatic N) is 2. The highest BCUT2D eigenvalue weighted by Gasteiger charge is 2.08. The zero-order chi connectivity index (χ0) is 21.2. The normalized spacial score (nSPS) is 11.2. The van der Waals surface area contributed by atoms with E-state index in [2.05, 4.69) is 25.1 Å². The number of alkyl halides is 2. The van der Waals surface area contributed by atoms with Crippen molar-refractivity contribution in [3.63, 3.8) is 0 Å². The summed E-state index contributed by atoms with van der Waals surface area (Å²) in [6.07, 6.45) is -0.522. The molecule has 1 amide bonds. The number of ether oxygens (including phenoxy) is 2. The third kappa shape index (κ3) is 7.28. The molecule has 2 rings (SSSR count). The Bertz CT molecular complexity index is 811. The number of rotatable bonds is 7. The van der Waals surface area contributed by atoms with Crippen molar-refractivity contribution in [2.24, 2.45) is 4.99 Å². The van der Waals surface area contributed by atoms with Gasteiger partial charge in [-0.15, -0.1) is 0 Å². The molecule has 0 spiro atoms. The number of amides is 1. The lowest BCUT2D eigenvalue weighted by Crippen LogP contribution is -2.38. The first kappa shape index (κ1) is 21.9. The second-order valence-corrected chi connectivity index (χ2v) is 6.09. The lowest BCUT2D eigenvalue weighted by Gasteiger charge is -2.22. The van der Waals surface area contributed by atoms with Crippen LogP contribution < -0.4 is 15.4 Å². The first-order chi connectivity index (χ1) is 13.9. The first-order valence-corrected chi connectivity index (χ1v) is 8.80. The molecule has 0 atom stereocenters. The minimum atomic E-state index is -2.84. The maximum Gasteiger partial charge on any atom is 0.411 e. The van der Waals surface area contributed by atoms with Crippen LogP contribution in [0.2, 0.25) is 0 Å². The fraction of sp³-hybridized carbons (Fsp3) is 0.300. The molecule has 2 aromatic carbocycles. The summed E-state index contributed by atoms with van der Waals surface area (Å²) in [5.74, 6) is 0.800. The molecule has 0 aromatic heterocycles. The summed E-state index contributed by atoms with van der Waals surface area (Å²) >= 11 is 0. The summed E-state index contributed by atoms with van der Waals surface area (Å²) in [5.41, 5.74) is 2.57. The summed E-state index contributed by atoms with van der Waals surface area (Å²) < 4.78 is 33.4. The predicted octanol–water partition coefficient (Wildman–Crippen LogP) is 3.67. The molecule has 0 fully saturated rings. The number of halogens is 2. The molecular weight excluding hydrogens is 382 g/mol. The molecule has 9 heteroatoms. The largest absolute Gasteiger partial charge is 0.453 e. The average molecular weight is 406 g/mol. The van der Waals surface area contributed by atoms with E-state index in [1.165, 1.54) is 19.2 Å². The summed E-state index contributed by atoms with van der Waals surface area (Å²) in [7, 11) is 4.87. The smallest absolute Gasteiger partial charge is 0.411 e. The molecule has 29 heavy (non-hydrogen) atoms. The van der Waals surface area contributed by atoms with Gasteiger partial charge in [-0.05, 0) is 35.4 Å². The van der Waals surface area contributed by atoms with Crippen LogP contribution in [0.25, 0.3) is 0 Å². The van der Waals surface area contributed by atoms with Crippen molar-refractivity contribution in [2.45, 2.75) is 19.7 Å². The molecule has 0 aliphatic carbocycles. The molecule has 2 aromatic rings. The van der Waals surface area contributed by atoms with Crippen molar-refractivity contribution in [3.8, 4) is 5.75 Å². The van der Waals surface area contributed by atoms with Crippen LogP contribution in [0.15, 0.2) is 53.5 Å². The molecule has 0 saturated carbocycles. The molecule has 0 saturated heterocycles. The van der Waals surface area contributed by atoms with Crippen molar-refractivity contribution >= 4 is 17.7 Å². The fourth-order valence-corrected chi connectivity index (χ4v) is 2.57. The lowest BCUT2D eigenvalue weighted by molar-refractivity contribution is -0.0498. The number of aliphatic imine (C=N–C) groups is 1. The number of carbonyl (C=O) groups is 1. The van der Waals surface area contributed by atoms with E-state index in [0.29, 0.717) is 24.7 Å². The molecular formula is C20H24F2N4O3. The van der Waals surface area contributed by atoms with Gasteiger partial charge in [-0.3, -0.25) is 10.3 Å². The van der Waals surface area contributed by atoms with Crippen LogP contribution in [-0.2, 0) is 17.8 Å². The molecule has 0 unspecified atom stereocenters. The molecule has 0 bridgehead atoms. The third-order valence-corrected chi connectivity index (χ3v) is 3.98. The van der Waals surface area contributed by atoms with E-state index in [4.69, 9.17) is 0 Å². The van der Waals surface area contributed by atoms with E-state index in [1.54, 1.807) is 31.3 Å². The summed E-state index contributed by atoms with van der Waals surface area (Å²) in [6, 6.07) is 13.8. The fourth-order valence-electron chi connectivity index (χ4n) is 2.57. The van der Waals surface area contributed by atoms with Crippen molar-refractivity contribution in [1.29, 1.82) is 0 Å². The van der Waals surface area contributed by atoms with E-state index in [9.17, 15) is 13.6 Å². The molecule has 0 radical (unpaired) electrons. The monoisotopic (exact) mass is 406 g/mol. The van der Waals surface area contributed by atoms with E-state index in [0.717, 1.165) is 11.1 Å². The highest BCUT2D eigenvalue weighted by Crippen LogP contribution is 2.16. The average Bonchev–Trinajstić information content (AvgIpc) is 2.70. The molecule has 0 heterocycles. The summed E-state index contributed by atoms with van der Waals surface area (Å²) in [5, 5.41) is 5.85. The van der Waals surface area contributed by atoms with Crippen LogP contribution in [0.3, 0.4) is 0 Å². The quantitative estimate of drug-likeness (QED) is 0.542. The van der Waals surface area contributed by atoms with Crippen molar-refractivity contribution in [3.05, 3.63) is 59.7 Å². The first-order valence-electron chi connectivity index (χ1n) is 8.80. The molecule has 156 valence electrons. The van der Waals surface area contributed by atoms with E-state index in [-0.39, 0.29) is 5.75 Å². The third-order valence-electron chi connectivity index (χ3n) is 3.98. The second-order valence-electron chi connectivity index (χ2n) is 6.09. The van der Waals surface area contributed by atoms with Gasteiger partial charge in [-0.2, -0.15) is 8.78 Å². The van der Waals surface area contributed by atoms with Gasteiger partial charge in [0.1, 0.15) is 5.75 Å². The van der Waals surface area contributed by atoms with Gasteiger partial charge in [-0.1, -0.05) is 24.3 Å². The Morgan fingerprint density at radius 3 is 2.28 bits per heavy atom. The Hall–Kier alpha value is -3.36. The second kappa shape index (κ2) is 10.8. The van der Waals surface area contributed by atoms with Gasteiger partial charge < -0.3 is 19.7 Å². The minimum Gasteiger partial charge on any atom is -0.453 e. The van der Waals surface area contributed by atoms with Crippen LogP contribution in [-0.4, -0.2) is 44.8 Å². The number of benzene rings is 2. The van der Waals surface area contributed by atoms with Crippen LogP contribution in [0, 0.1) is 0 Å². The molecule has 2 N–H and O–H groups in total. The number of hydrogen-bond donors (Lipinski definition) is 2. The van der Waals surface area contributed by atoms with Gasteiger partial charge >= 0.3 is 12.7 Å². The van der Waals surface area contributed by atoms with Gasteiger partial charge in [-0.25, -0.2) is 4.79 Å². The Kier molecular flexibility index (Phi) is 8.20. The number of guanidine groups is 1. The number of carbonyl (C=O) groups excluding carboxylic acids is 1. The van der Waals surface area contributed by atoms with Gasteiger partial charge in [0.05, 0.1) is 7.11 Å². The van der Waals surface area contributed by atoms with Crippen molar-refractivity contribution < 1.29 is 23.0 Å². The van der Waals surface area contributed by atoms with E-state index < -0.39 is 12.7 Å². The summed E-state index contributed by atoms with van der Waals surface area (Å²) in [4.78, 5) is 17.4. The van der Waals surface area contributed by atoms with E-state index >= 15 is 0 Å². The summed E-state index contributed by atoms with van der Waals surface area (Å²) in [6.45, 7) is -1.76. The zero-order valence-electron chi connectivity index (χ0n) is 16.5.